The first-order valence-electron chi connectivity index (χ1n) is 6.63. The zero-order valence-corrected chi connectivity index (χ0v) is 12.2. The Morgan fingerprint density at radius 1 is 1.25 bits per heavy atom. The fraction of sp³-hybridized carbons (Fsp3) is 0.400. The van der Waals surface area contributed by atoms with Crippen molar-refractivity contribution in [2.24, 2.45) is 0 Å². The van der Waals surface area contributed by atoms with Gasteiger partial charge in [-0.15, -0.1) is 0 Å². The number of nitrogens with one attached hydrogen (secondary N) is 1. The van der Waals surface area contributed by atoms with Gasteiger partial charge in [-0.2, -0.15) is 5.10 Å². The van der Waals surface area contributed by atoms with Crippen molar-refractivity contribution in [1.82, 2.24) is 15.1 Å². The molecule has 0 fully saturated rings. The van der Waals surface area contributed by atoms with Gasteiger partial charge in [0, 0.05) is 30.9 Å². The topological polar surface area (TPSA) is 48.3 Å². The molecule has 108 valence electrons. The third-order valence-corrected chi connectivity index (χ3v) is 3.09. The summed E-state index contributed by atoms with van der Waals surface area (Å²) in [4.78, 5) is 0. The molecule has 20 heavy (non-hydrogen) atoms. The van der Waals surface area contributed by atoms with Gasteiger partial charge < -0.3 is 14.8 Å². The summed E-state index contributed by atoms with van der Waals surface area (Å²) in [5.41, 5.74) is 2.30. The largest absolute Gasteiger partial charge is 0.497 e. The minimum absolute atomic E-state index is 0.757. The van der Waals surface area contributed by atoms with Crippen LogP contribution in [0.2, 0.25) is 0 Å². The molecule has 0 atom stereocenters. The van der Waals surface area contributed by atoms with Crippen LogP contribution in [0.25, 0.3) is 0 Å². The number of hydrogen-bond donors (Lipinski definition) is 1. The van der Waals surface area contributed by atoms with Crippen molar-refractivity contribution in [3.8, 4) is 11.5 Å². The number of ether oxygens (including phenoxy) is 2. The van der Waals surface area contributed by atoms with Gasteiger partial charge in [0.05, 0.1) is 27.0 Å². The number of nitrogens with zero attached hydrogens (tertiary/aromatic N) is 2. The first-order chi connectivity index (χ1) is 9.72. The molecule has 0 saturated carbocycles. The Morgan fingerprint density at radius 3 is 2.75 bits per heavy atom. The van der Waals surface area contributed by atoms with E-state index in [-0.39, 0.29) is 0 Å². The van der Waals surface area contributed by atoms with Crippen molar-refractivity contribution in [1.29, 1.82) is 0 Å². The first kappa shape index (κ1) is 14.4. The van der Waals surface area contributed by atoms with E-state index in [2.05, 4.69) is 10.4 Å². The monoisotopic (exact) mass is 275 g/mol. The summed E-state index contributed by atoms with van der Waals surface area (Å²) in [6, 6.07) is 5.85. The lowest BCUT2D eigenvalue weighted by molar-refractivity contribution is 0.389. The van der Waals surface area contributed by atoms with Crippen molar-refractivity contribution >= 4 is 0 Å². The van der Waals surface area contributed by atoms with Gasteiger partial charge in [0.1, 0.15) is 11.5 Å². The number of hydrogen-bond acceptors (Lipinski definition) is 4. The van der Waals surface area contributed by atoms with Crippen molar-refractivity contribution in [2.75, 3.05) is 20.8 Å². The fourth-order valence-corrected chi connectivity index (χ4v) is 2.00. The second-order valence-electron chi connectivity index (χ2n) is 4.64. The lowest BCUT2D eigenvalue weighted by Gasteiger charge is -2.11. The van der Waals surface area contributed by atoms with E-state index in [9.17, 15) is 0 Å². The molecule has 0 aliphatic rings. The predicted octanol–water partition coefficient (Wildman–Crippen LogP) is 2.00. The Morgan fingerprint density at radius 2 is 2.10 bits per heavy atom. The van der Waals surface area contributed by atoms with Crippen LogP contribution in [0.15, 0.2) is 30.6 Å². The van der Waals surface area contributed by atoms with Crippen molar-refractivity contribution in [3.63, 3.8) is 0 Å². The molecule has 5 nitrogen and oxygen atoms in total. The van der Waals surface area contributed by atoms with Gasteiger partial charge in [0.15, 0.2) is 0 Å². The molecule has 2 aromatic rings. The van der Waals surface area contributed by atoms with E-state index < -0.39 is 0 Å². The number of rotatable bonds is 7. The molecule has 0 amide bonds. The van der Waals surface area contributed by atoms with Crippen LogP contribution in [0, 0.1) is 6.92 Å². The average molecular weight is 275 g/mol. The molecule has 0 aliphatic heterocycles. The lowest BCUT2D eigenvalue weighted by atomic mass is 10.2. The van der Waals surface area contributed by atoms with Gasteiger partial charge in [0.25, 0.3) is 0 Å². The second kappa shape index (κ2) is 6.96. The zero-order valence-electron chi connectivity index (χ0n) is 12.2. The van der Waals surface area contributed by atoms with Crippen LogP contribution in [0.4, 0.5) is 0 Å². The van der Waals surface area contributed by atoms with E-state index in [1.165, 1.54) is 5.56 Å². The first-order valence-corrected chi connectivity index (χ1v) is 6.63. The van der Waals surface area contributed by atoms with Crippen molar-refractivity contribution in [3.05, 3.63) is 41.7 Å². The van der Waals surface area contributed by atoms with Crippen LogP contribution >= 0.6 is 0 Å². The molecule has 1 heterocycles. The lowest BCUT2D eigenvalue weighted by Crippen LogP contribution is -2.20. The SMILES string of the molecule is COc1ccc(CNCCn2cc(C)cn2)c(OC)c1. The minimum Gasteiger partial charge on any atom is -0.497 e. The van der Waals surface area contributed by atoms with E-state index in [1.54, 1.807) is 14.2 Å². The highest BCUT2D eigenvalue weighted by molar-refractivity contribution is 5.40. The molecule has 0 spiro atoms. The number of benzene rings is 1. The number of aryl methyl sites for hydroxylation is 1. The Labute approximate surface area is 119 Å². The Kier molecular flexibility index (Phi) is 5.01. The molecular weight excluding hydrogens is 254 g/mol. The summed E-state index contributed by atoms with van der Waals surface area (Å²) >= 11 is 0. The molecule has 0 bridgehead atoms. The summed E-state index contributed by atoms with van der Waals surface area (Å²) in [6.07, 6.45) is 3.90. The summed E-state index contributed by atoms with van der Waals surface area (Å²) in [6.45, 7) is 4.51. The van der Waals surface area contributed by atoms with Crippen LogP contribution in [0.1, 0.15) is 11.1 Å². The van der Waals surface area contributed by atoms with Crippen molar-refractivity contribution < 1.29 is 9.47 Å². The molecule has 1 aromatic heterocycles. The third-order valence-electron chi connectivity index (χ3n) is 3.09. The van der Waals surface area contributed by atoms with Crippen LogP contribution < -0.4 is 14.8 Å². The molecule has 0 saturated heterocycles. The third kappa shape index (κ3) is 3.74. The number of aromatic nitrogens is 2. The van der Waals surface area contributed by atoms with E-state index in [4.69, 9.17) is 9.47 Å². The van der Waals surface area contributed by atoms with Crippen LogP contribution in [-0.4, -0.2) is 30.5 Å². The maximum atomic E-state index is 5.37. The summed E-state index contributed by atoms with van der Waals surface area (Å²) in [5, 5.41) is 7.64. The smallest absolute Gasteiger partial charge is 0.127 e. The quantitative estimate of drug-likeness (QED) is 0.785. The zero-order chi connectivity index (χ0) is 14.4. The molecule has 1 N–H and O–H groups in total. The standard InChI is InChI=1S/C15H21N3O2/c1-12-9-17-18(11-12)7-6-16-10-13-4-5-14(19-2)8-15(13)20-3/h4-5,8-9,11,16H,6-7,10H2,1-3H3. The maximum Gasteiger partial charge on any atom is 0.127 e. The van der Waals surface area contributed by atoms with Gasteiger partial charge in [-0.05, 0) is 18.6 Å². The predicted molar refractivity (Wildman–Crippen MR) is 78.2 cm³/mol. The van der Waals surface area contributed by atoms with Crippen LogP contribution in [0.3, 0.4) is 0 Å². The summed E-state index contributed by atoms with van der Waals surface area (Å²) < 4.78 is 12.5. The summed E-state index contributed by atoms with van der Waals surface area (Å²) in [5.74, 6) is 1.64. The fourth-order valence-electron chi connectivity index (χ4n) is 2.00. The molecular formula is C15H21N3O2. The highest BCUT2D eigenvalue weighted by Gasteiger charge is 2.04. The highest BCUT2D eigenvalue weighted by Crippen LogP contribution is 2.24. The van der Waals surface area contributed by atoms with Gasteiger partial charge in [0.2, 0.25) is 0 Å². The van der Waals surface area contributed by atoms with Gasteiger partial charge >= 0.3 is 0 Å². The van der Waals surface area contributed by atoms with Crippen molar-refractivity contribution in [2.45, 2.75) is 20.0 Å². The van der Waals surface area contributed by atoms with Gasteiger partial charge in [-0.3, -0.25) is 4.68 Å². The van der Waals surface area contributed by atoms with E-state index >= 15 is 0 Å². The van der Waals surface area contributed by atoms with Crippen LogP contribution in [-0.2, 0) is 13.1 Å². The summed E-state index contributed by atoms with van der Waals surface area (Å²) in [7, 11) is 3.32. The van der Waals surface area contributed by atoms with E-state index in [1.807, 2.05) is 42.2 Å². The molecule has 0 radical (unpaired) electrons. The second-order valence-corrected chi connectivity index (χ2v) is 4.64. The molecule has 1 aromatic carbocycles. The maximum absolute atomic E-state index is 5.37. The van der Waals surface area contributed by atoms with Gasteiger partial charge in [-0.25, -0.2) is 0 Å². The molecule has 0 aliphatic carbocycles. The molecule has 5 heteroatoms. The average Bonchev–Trinajstić information content (AvgIpc) is 2.89. The molecule has 0 unspecified atom stereocenters. The van der Waals surface area contributed by atoms with E-state index in [0.29, 0.717) is 0 Å². The number of methoxy groups -OCH3 is 2. The van der Waals surface area contributed by atoms with E-state index in [0.717, 1.165) is 36.7 Å². The Hall–Kier alpha value is -2.01. The van der Waals surface area contributed by atoms with Crippen LogP contribution in [0.5, 0.6) is 11.5 Å². The highest BCUT2D eigenvalue weighted by atomic mass is 16.5. The normalized spacial score (nSPS) is 10.6. The Bertz CT molecular complexity index is 552. The molecule has 2 rings (SSSR count). The minimum atomic E-state index is 0.757. The Balaban J connectivity index is 1.84. The van der Waals surface area contributed by atoms with Gasteiger partial charge in [-0.1, -0.05) is 6.07 Å².